The average Bonchev–Trinajstić information content (AvgIpc) is 3.17. The molecule has 4 saturated carbocycles. The summed E-state index contributed by atoms with van der Waals surface area (Å²) in [7, 11) is 0. The van der Waals surface area contributed by atoms with Crippen LogP contribution in [0.1, 0.15) is 56.9 Å². The molecule has 0 spiro atoms. The zero-order valence-corrected chi connectivity index (χ0v) is 17.0. The summed E-state index contributed by atoms with van der Waals surface area (Å²) in [6, 6.07) is 6.07. The van der Waals surface area contributed by atoms with Crippen molar-refractivity contribution in [3.63, 3.8) is 0 Å². The number of amides is 2. The number of rotatable bonds is 5. The number of benzene rings is 1. The van der Waals surface area contributed by atoms with Crippen LogP contribution in [-0.2, 0) is 16.0 Å². The van der Waals surface area contributed by atoms with Crippen LogP contribution >= 0.6 is 0 Å². The first-order valence-electron chi connectivity index (χ1n) is 11.4. The van der Waals surface area contributed by atoms with Crippen molar-refractivity contribution in [1.29, 1.82) is 0 Å². The van der Waals surface area contributed by atoms with Crippen LogP contribution in [-0.4, -0.2) is 35.8 Å². The number of hydrogen-bond donors (Lipinski definition) is 1. The Morgan fingerprint density at radius 1 is 1.03 bits per heavy atom. The van der Waals surface area contributed by atoms with Crippen LogP contribution in [0.3, 0.4) is 0 Å². The number of nitrogens with zero attached hydrogens (tertiary/aromatic N) is 1. The molecule has 1 atom stereocenters. The summed E-state index contributed by atoms with van der Waals surface area (Å²) in [5, 5.41) is 3.02. The molecular formula is C24H31FN2O2. The summed E-state index contributed by atoms with van der Waals surface area (Å²) in [5.41, 5.74) is 0.825. The predicted molar refractivity (Wildman–Crippen MR) is 108 cm³/mol. The number of halogens is 1. The number of carbonyl (C=O) groups excluding carboxylic acids is 2. The summed E-state index contributed by atoms with van der Waals surface area (Å²) in [6.07, 6.45) is 9.45. The predicted octanol–water partition coefficient (Wildman–Crippen LogP) is 3.69. The van der Waals surface area contributed by atoms with Gasteiger partial charge in [0.25, 0.3) is 0 Å². The lowest BCUT2D eigenvalue weighted by atomic mass is 9.49. The van der Waals surface area contributed by atoms with E-state index in [1.807, 2.05) is 4.90 Å². The van der Waals surface area contributed by atoms with Gasteiger partial charge >= 0.3 is 0 Å². The van der Waals surface area contributed by atoms with Gasteiger partial charge in [0.05, 0.1) is 5.41 Å². The Balaban J connectivity index is 1.21. The monoisotopic (exact) mass is 398 g/mol. The zero-order chi connectivity index (χ0) is 20.0. The van der Waals surface area contributed by atoms with Gasteiger partial charge in [0.2, 0.25) is 11.8 Å². The zero-order valence-electron chi connectivity index (χ0n) is 17.0. The van der Waals surface area contributed by atoms with Crippen LogP contribution in [0.25, 0.3) is 0 Å². The van der Waals surface area contributed by atoms with E-state index in [9.17, 15) is 14.0 Å². The smallest absolute Gasteiger partial charge is 0.242 e. The Morgan fingerprint density at radius 2 is 1.66 bits per heavy atom. The molecule has 4 bridgehead atoms. The van der Waals surface area contributed by atoms with Crippen LogP contribution in [0, 0.1) is 29.0 Å². The first-order chi connectivity index (χ1) is 14.0. The minimum absolute atomic E-state index is 0.0253. The van der Waals surface area contributed by atoms with E-state index in [0.29, 0.717) is 13.0 Å². The van der Waals surface area contributed by atoms with Gasteiger partial charge in [0.15, 0.2) is 0 Å². The lowest BCUT2D eigenvalue weighted by Gasteiger charge is -2.56. The third-order valence-corrected chi connectivity index (χ3v) is 7.93. The molecule has 1 saturated heterocycles. The molecule has 1 N–H and O–H groups in total. The van der Waals surface area contributed by atoms with E-state index in [2.05, 4.69) is 5.32 Å². The lowest BCUT2D eigenvalue weighted by molar-refractivity contribution is -0.160. The molecule has 2 amide bonds. The largest absolute Gasteiger partial charge is 0.354 e. The van der Waals surface area contributed by atoms with Gasteiger partial charge in [-0.2, -0.15) is 0 Å². The fraction of sp³-hybridized carbons (Fsp3) is 0.667. The van der Waals surface area contributed by atoms with Gasteiger partial charge in [-0.1, -0.05) is 12.1 Å². The number of likely N-dealkylation sites (tertiary alicyclic amines) is 1. The normalized spacial score (nSPS) is 35.1. The van der Waals surface area contributed by atoms with E-state index >= 15 is 0 Å². The molecule has 29 heavy (non-hydrogen) atoms. The SMILES string of the molecule is O=C(NCCc1ccc(F)cc1)C1CCCN1C(=O)C12CC3CC(CC(C3)C1)C2. The van der Waals surface area contributed by atoms with Gasteiger partial charge in [0.1, 0.15) is 11.9 Å². The van der Waals surface area contributed by atoms with Gasteiger partial charge < -0.3 is 10.2 Å². The maximum atomic E-state index is 13.7. The molecular weight excluding hydrogens is 367 g/mol. The van der Waals surface area contributed by atoms with E-state index in [4.69, 9.17) is 0 Å². The van der Waals surface area contributed by atoms with Gasteiger partial charge in [-0.3, -0.25) is 9.59 Å². The van der Waals surface area contributed by atoms with Crippen molar-refractivity contribution < 1.29 is 14.0 Å². The molecule has 156 valence electrons. The number of nitrogens with one attached hydrogen (secondary N) is 1. The van der Waals surface area contributed by atoms with Crippen LogP contribution in [0.15, 0.2) is 24.3 Å². The molecule has 1 unspecified atom stereocenters. The topological polar surface area (TPSA) is 49.4 Å². The summed E-state index contributed by atoms with van der Waals surface area (Å²) >= 11 is 0. The Kier molecular flexibility index (Phi) is 4.87. The van der Waals surface area contributed by atoms with Crippen LogP contribution < -0.4 is 5.32 Å². The lowest BCUT2D eigenvalue weighted by Crippen LogP contribution is -2.57. The molecule has 0 aromatic heterocycles. The van der Waals surface area contributed by atoms with Gasteiger partial charge in [-0.15, -0.1) is 0 Å². The standard InChI is InChI=1S/C24H31FN2O2/c25-20-5-3-16(4-6-20)7-8-26-22(28)21-2-1-9-27(21)23(29)24-13-17-10-18(14-24)12-19(11-17)15-24/h3-6,17-19,21H,1-2,7-15H2,(H,26,28). The third kappa shape index (κ3) is 3.57. The average molecular weight is 399 g/mol. The quantitative estimate of drug-likeness (QED) is 0.822. The fourth-order valence-electron chi connectivity index (χ4n) is 7.06. The number of carbonyl (C=O) groups is 2. The molecule has 6 rings (SSSR count). The van der Waals surface area contributed by atoms with Crippen molar-refractivity contribution in [2.75, 3.05) is 13.1 Å². The molecule has 1 aromatic carbocycles. The second-order valence-electron chi connectivity index (χ2n) is 10.0. The maximum Gasteiger partial charge on any atom is 0.242 e. The number of hydrogen-bond acceptors (Lipinski definition) is 2. The Morgan fingerprint density at radius 3 is 2.28 bits per heavy atom. The molecule has 5 heteroatoms. The summed E-state index contributed by atoms with van der Waals surface area (Å²) in [5.74, 6) is 2.19. The molecule has 1 heterocycles. The molecule has 1 aromatic rings. The molecule has 4 aliphatic carbocycles. The van der Waals surface area contributed by atoms with E-state index in [0.717, 1.165) is 62.0 Å². The van der Waals surface area contributed by atoms with Crippen molar-refractivity contribution in [2.45, 2.75) is 63.8 Å². The first-order valence-corrected chi connectivity index (χ1v) is 11.4. The Hall–Kier alpha value is -1.91. The van der Waals surface area contributed by atoms with Gasteiger partial charge in [-0.05, 0) is 93.2 Å². The molecule has 5 fully saturated rings. The summed E-state index contributed by atoms with van der Waals surface area (Å²) in [4.78, 5) is 28.4. The first kappa shape index (κ1) is 19.1. The van der Waals surface area contributed by atoms with E-state index in [-0.39, 0.29) is 29.1 Å². The van der Waals surface area contributed by atoms with Gasteiger partial charge in [0, 0.05) is 13.1 Å². The third-order valence-electron chi connectivity index (χ3n) is 7.93. The Bertz CT molecular complexity index is 755. The van der Waals surface area contributed by atoms with E-state index in [1.54, 1.807) is 12.1 Å². The van der Waals surface area contributed by atoms with Crippen molar-refractivity contribution in [3.05, 3.63) is 35.6 Å². The molecule has 0 radical (unpaired) electrons. The molecule has 5 aliphatic rings. The fourth-order valence-corrected chi connectivity index (χ4v) is 7.06. The van der Waals surface area contributed by atoms with Crippen LogP contribution in [0.5, 0.6) is 0 Å². The van der Waals surface area contributed by atoms with Crippen molar-refractivity contribution >= 4 is 11.8 Å². The van der Waals surface area contributed by atoms with Crippen LogP contribution in [0.4, 0.5) is 4.39 Å². The minimum Gasteiger partial charge on any atom is -0.354 e. The van der Waals surface area contributed by atoms with E-state index in [1.165, 1.54) is 31.4 Å². The van der Waals surface area contributed by atoms with Crippen molar-refractivity contribution in [3.8, 4) is 0 Å². The van der Waals surface area contributed by atoms with Crippen molar-refractivity contribution in [1.82, 2.24) is 10.2 Å². The minimum atomic E-state index is -0.316. The highest BCUT2D eigenvalue weighted by Gasteiger charge is 2.56. The Labute approximate surface area is 172 Å². The second-order valence-corrected chi connectivity index (χ2v) is 10.0. The highest BCUT2D eigenvalue weighted by molar-refractivity contribution is 5.91. The van der Waals surface area contributed by atoms with E-state index < -0.39 is 0 Å². The highest BCUT2D eigenvalue weighted by atomic mass is 19.1. The van der Waals surface area contributed by atoms with Gasteiger partial charge in [-0.25, -0.2) is 4.39 Å². The molecule has 4 nitrogen and oxygen atoms in total. The molecule has 1 aliphatic heterocycles. The maximum absolute atomic E-state index is 13.7. The highest BCUT2D eigenvalue weighted by Crippen LogP contribution is 2.60. The van der Waals surface area contributed by atoms with Crippen molar-refractivity contribution in [2.24, 2.45) is 23.2 Å². The summed E-state index contributed by atoms with van der Waals surface area (Å²) in [6.45, 7) is 1.23. The summed E-state index contributed by atoms with van der Waals surface area (Å²) < 4.78 is 13.0. The van der Waals surface area contributed by atoms with Crippen LogP contribution in [0.2, 0.25) is 0 Å². The second kappa shape index (κ2) is 7.41.